The number of carbonyl (C=O) groups excluding carboxylic acids is 1. The van der Waals surface area contributed by atoms with E-state index < -0.39 is 0 Å². The predicted octanol–water partition coefficient (Wildman–Crippen LogP) is 3.16. The van der Waals surface area contributed by atoms with E-state index in [1.807, 2.05) is 55.5 Å². The van der Waals surface area contributed by atoms with E-state index in [1.165, 1.54) is 5.56 Å². The maximum absolute atomic E-state index is 11.7. The molecule has 0 spiro atoms. The number of carbonyl (C=O) groups is 1. The highest BCUT2D eigenvalue weighted by Crippen LogP contribution is 2.13. The SMILES string of the molecule is COc1cccc(COC(=O)CNc2ccc(C)cc2)c1. The zero-order chi connectivity index (χ0) is 15.1. The largest absolute Gasteiger partial charge is 0.497 e. The molecule has 0 aromatic heterocycles. The van der Waals surface area contributed by atoms with Crippen LogP contribution in [0.2, 0.25) is 0 Å². The zero-order valence-electron chi connectivity index (χ0n) is 12.3. The fraction of sp³-hybridized carbons (Fsp3) is 0.235. The summed E-state index contributed by atoms with van der Waals surface area (Å²) < 4.78 is 10.3. The third-order valence-corrected chi connectivity index (χ3v) is 3.02. The molecule has 0 atom stereocenters. The van der Waals surface area contributed by atoms with E-state index in [1.54, 1.807) is 7.11 Å². The second kappa shape index (κ2) is 7.33. The number of methoxy groups -OCH3 is 1. The van der Waals surface area contributed by atoms with Crippen molar-refractivity contribution in [3.05, 3.63) is 59.7 Å². The smallest absolute Gasteiger partial charge is 0.325 e. The molecule has 0 bridgehead atoms. The first kappa shape index (κ1) is 14.9. The van der Waals surface area contributed by atoms with E-state index in [0.29, 0.717) is 0 Å². The number of nitrogens with one attached hydrogen (secondary N) is 1. The minimum atomic E-state index is -0.293. The van der Waals surface area contributed by atoms with Crippen LogP contribution >= 0.6 is 0 Å². The molecule has 110 valence electrons. The Kier molecular flexibility index (Phi) is 5.21. The van der Waals surface area contributed by atoms with Gasteiger partial charge in [-0.1, -0.05) is 29.8 Å². The number of esters is 1. The number of ether oxygens (including phenoxy) is 2. The van der Waals surface area contributed by atoms with Crippen molar-refractivity contribution in [1.29, 1.82) is 0 Å². The molecule has 0 fully saturated rings. The molecule has 4 heteroatoms. The molecule has 2 aromatic rings. The third kappa shape index (κ3) is 4.84. The lowest BCUT2D eigenvalue weighted by molar-refractivity contribution is -0.142. The van der Waals surface area contributed by atoms with Crippen molar-refractivity contribution >= 4 is 11.7 Å². The summed E-state index contributed by atoms with van der Waals surface area (Å²) in [5, 5.41) is 3.03. The number of rotatable bonds is 6. The van der Waals surface area contributed by atoms with Crippen molar-refractivity contribution in [2.75, 3.05) is 19.0 Å². The van der Waals surface area contributed by atoms with Gasteiger partial charge in [0.2, 0.25) is 0 Å². The summed E-state index contributed by atoms with van der Waals surface area (Å²) in [6.07, 6.45) is 0. The van der Waals surface area contributed by atoms with Crippen molar-refractivity contribution in [2.45, 2.75) is 13.5 Å². The maximum Gasteiger partial charge on any atom is 0.325 e. The van der Waals surface area contributed by atoms with Crippen LogP contribution in [0.4, 0.5) is 5.69 Å². The van der Waals surface area contributed by atoms with Crippen LogP contribution in [0, 0.1) is 6.92 Å². The lowest BCUT2D eigenvalue weighted by Gasteiger charge is -2.08. The molecule has 0 saturated carbocycles. The molecule has 21 heavy (non-hydrogen) atoms. The second-order valence-corrected chi connectivity index (χ2v) is 4.73. The van der Waals surface area contributed by atoms with Gasteiger partial charge >= 0.3 is 5.97 Å². The van der Waals surface area contributed by atoms with Crippen LogP contribution in [-0.2, 0) is 16.1 Å². The molecule has 2 aromatic carbocycles. The van der Waals surface area contributed by atoms with Gasteiger partial charge in [0.1, 0.15) is 18.9 Å². The molecule has 2 rings (SSSR count). The Morgan fingerprint density at radius 1 is 1.14 bits per heavy atom. The Bertz CT molecular complexity index is 593. The van der Waals surface area contributed by atoms with E-state index in [-0.39, 0.29) is 19.1 Å². The topological polar surface area (TPSA) is 47.6 Å². The molecule has 4 nitrogen and oxygen atoms in total. The zero-order valence-corrected chi connectivity index (χ0v) is 12.3. The molecule has 0 aliphatic heterocycles. The highest BCUT2D eigenvalue weighted by molar-refractivity contribution is 5.75. The summed E-state index contributed by atoms with van der Waals surface area (Å²) in [5.74, 6) is 0.458. The second-order valence-electron chi connectivity index (χ2n) is 4.73. The van der Waals surface area contributed by atoms with E-state index in [4.69, 9.17) is 9.47 Å². The van der Waals surface area contributed by atoms with Crippen LogP contribution in [0.15, 0.2) is 48.5 Å². The predicted molar refractivity (Wildman–Crippen MR) is 82.5 cm³/mol. The van der Waals surface area contributed by atoms with Crippen LogP contribution in [0.1, 0.15) is 11.1 Å². The van der Waals surface area contributed by atoms with Crippen LogP contribution in [0.5, 0.6) is 5.75 Å². The van der Waals surface area contributed by atoms with Gasteiger partial charge in [0.05, 0.1) is 7.11 Å². The summed E-state index contributed by atoms with van der Waals surface area (Å²) in [7, 11) is 1.61. The Hall–Kier alpha value is -2.49. The lowest BCUT2D eigenvalue weighted by atomic mass is 10.2. The minimum absolute atomic E-state index is 0.146. The van der Waals surface area contributed by atoms with Crippen molar-refractivity contribution in [2.24, 2.45) is 0 Å². The molecular weight excluding hydrogens is 266 g/mol. The van der Waals surface area contributed by atoms with Crippen molar-refractivity contribution < 1.29 is 14.3 Å². The van der Waals surface area contributed by atoms with Gasteiger partial charge in [-0.05, 0) is 36.8 Å². The van der Waals surface area contributed by atoms with Gasteiger partial charge < -0.3 is 14.8 Å². The van der Waals surface area contributed by atoms with Gasteiger partial charge in [0.15, 0.2) is 0 Å². The molecule has 0 aliphatic rings. The molecule has 0 radical (unpaired) electrons. The first-order chi connectivity index (χ1) is 10.2. The Labute approximate surface area is 124 Å². The normalized spacial score (nSPS) is 10.0. The fourth-order valence-corrected chi connectivity index (χ4v) is 1.82. The summed E-state index contributed by atoms with van der Waals surface area (Å²) in [4.78, 5) is 11.7. The Morgan fingerprint density at radius 2 is 1.90 bits per heavy atom. The third-order valence-electron chi connectivity index (χ3n) is 3.02. The van der Waals surface area contributed by atoms with Crippen molar-refractivity contribution in [3.63, 3.8) is 0 Å². The summed E-state index contributed by atoms with van der Waals surface area (Å²) in [5.41, 5.74) is 2.98. The summed E-state index contributed by atoms with van der Waals surface area (Å²) >= 11 is 0. The summed E-state index contributed by atoms with van der Waals surface area (Å²) in [6.45, 7) is 2.41. The number of hydrogen-bond donors (Lipinski definition) is 1. The molecule has 0 heterocycles. The van der Waals surface area contributed by atoms with E-state index in [2.05, 4.69) is 5.32 Å². The molecule has 0 aliphatic carbocycles. The molecule has 0 amide bonds. The molecular formula is C17H19NO3. The first-order valence-corrected chi connectivity index (χ1v) is 6.76. The van der Waals surface area contributed by atoms with Gasteiger partial charge in [0, 0.05) is 5.69 Å². The molecule has 0 saturated heterocycles. The van der Waals surface area contributed by atoms with Crippen molar-refractivity contribution in [3.8, 4) is 5.75 Å². The lowest BCUT2D eigenvalue weighted by Crippen LogP contribution is -2.16. The fourth-order valence-electron chi connectivity index (χ4n) is 1.82. The van der Waals surface area contributed by atoms with Gasteiger partial charge in [0.25, 0.3) is 0 Å². The van der Waals surface area contributed by atoms with Gasteiger partial charge in [-0.15, -0.1) is 0 Å². The average molecular weight is 285 g/mol. The van der Waals surface area contributed by atoms with E-state index in [0.717, 1.165) is 17.0 Å². The van der Waals surface area contributed by atoms with Gasteiger partial charge in [-0.2, -0.15) is 0 Å². The van der Waals surface area contributed by atoms with Crippen LogP contribution in [0.3, 0.4) is 0 Å². The standard InChI is InChI=1S/C17H19NO3/c1-13-6-8-15(9-7-13)18-11-17(19)21-12-14-4-3-5-16(10-14)20-2/h3-10,18H,11-12H2,1-2H3. The number of hydrogen-bond acceptors (Lipinski definition) is 4. The Balaban J connectivity index is 1.78. The summed E-state index contributed by atoms with van der Waals surface area (Å²) in [6, 6.07) is 15.3. The first-order valence-electron chi connectivity index (χ1n) is 6.76. The van der Waals surface area contributed by atoms with Gasteiger partial charge in [-0.25, -0.2) is 0 Å². The van der Waals surface area contributed by atoms with Crippen LogP contribution < -0.4 is 10.1 Å². The van der Waals surface area contributed by atoms with E-state index in [9.17, 15) is 4.79 Å². The number of benzene rings is 2. The van der Waals surface area contributed by atoms with Crippen molar-refractivity contribution in [1.82, 2.24) is 0 Å². The highest BCUT2D eigenvalue weighted by Gasteiger charge is 2.04. The van der Waals surface area contributed by atoms with Gasteiger partial charge in [-0.3, -0.25) is 4.79 Å². The minimum Gasteiger partial charge on any atom is -0.497 e. The molecule has 0 unspecified atom stereocenters. The average Bonchev–Trinajstić information content (AvgIpc) is 2.52. The van der Waals surface area contributed by atoms with Crippen LogP contribution in [-0.4, -0.2) is 19.6 Å². The number of anilines is 1. The monoisotopic (exact) mass is 285 g/mol. The Morgan fingerprint density at radius 3 is 2.62 bits per heavy atom. The highest BCUT2D eigenvalue weighted by atomic mass is 16.5. The van der Waals surface area contributed by atoms with Crippen LogP contribution in [0.25, 0.3) is 0 Å². The number of aryl methyl sites for hydroxylation is 1. The maximum atomic E-state index is 11.7. The molecule has 1 N–H and O–H groups in total. The van der Waals surface area contributed by atoms with E-state index >= 15 is 0 Å². The quantitative estimate of drug-likeness (QED) is 0.828.